The van der Waals surface area contributed by atoms with E-state index in [9.17, 15) is 67.7 Å². The number of nitrogens with two attached hydrogens (primary N) is 4. The molecule has 12 unspecified atom stereocenters. The Labute approximate surface area is 524 Å². The number of aliphatic imine (C=N–C) groups is 1. The highest BCUT2D eigenvalue weighted by Gasteiger charge is 2.41. The van der Waals surface area contributed by atoms with E-state index in [1.807, 2.05) is 0 Å². The minimum atomic E-state index is -1.72. The summed E-state index contributed by atoms with van der Waals surface area (Å²) in [5.41, 5.74) is 23.3. The number of aliphatic carboxylic acids is 1. The van der Waals surface area contributed by atoms with E-state index >= 15 is 0 Å². The van der Waals surface area contributed by atoms with Gasteiger partial charge in [0, 0.05) is 56.0 Å². The van der Waals surface area contributed by atoms with Crippen molar-refractivity contribution in [2.75, 3.05) is 26.2 Å². The highest BCUT2D eigenvalue weighted by Crippen LogP contribution is 2.23. The molecule has 0 saturated carbocycles. The molecule has 90 heavy (non-hydrogen) atoms. The van der Waals surface area contributed by atoms with E-state index in [1.54, 1.807) is 72.0 Å². The van der Waals surface area contributed by atoms with E-state index in [0.29, 0.717) is 42.3 Å². The largest absolute Gasteiger partial charge is 0.480 e. The summed E-state index contributed by atoms with van der Waals surface area (Å²) in [5, 5.41) is 45.9. The molecule has 11 amide bonds. The van der Waals surface area contributed by atoms with Gasteiger partial charge in [-0.3, -0.25) is 57.7 Å². The van der Waals surface area contributed by atoms with Crippen molar-refractivity contribution in [3.8, 4) is 0 Å². The number of para-hydroxylation sites is 1. The van der Waals surface area contributed by atoms with Crippen LogP contribution in [-0.4, -0.2) is 184 Å². The number of guanidine groups is 1. The topological polar surface area (TPSA) is 489 Å². The van der Waals surface area contributed by atoms with Gasteiger partial charge < -0.3 is 90.9 Å². The first-order valence-corrected chi connectivity index (χ1v) is 31.0. The Hall–Kier alpha value is -8.41. The number of carbonyl (C=O) groups excluding carboxylic acids is 11. The zero-order chi connectivity index (χ0) is 66.9. The molecule has 30 nitrogen and oxygen atoms in total. The van der Waals surface area contributed by atoms with Crippen LogP contribution in [0.5, 0.6) is 0 Å². The van der Waals surface area contributed by atoms with E-state index < -0.39 is 150 Å². The van der Waals surface area contributed by atoms with Crippen LogP contribution in [-0.2, 0) is 64.0 Å². The molecule has 500 valence electrons. The SMILES string of the molecule is CCC(C)C(NC(=O)C(CCC(N)=O)NC(=O)C1CCCN1)C(=O)NC(C(=O)NC(CC(C)C)C(=O)NC(Cc1c[nH]c2ccccc12)C(=O)NCC(CCC(N)=O)C(=O)NC(CCCN=C(N)N)C(=O)N1CCCC1C(=O)NC(CC(C)C)C(=O)O)C(C)O. The summed E-state index contributed by atoms with van der Waals surface area (Å²) in [4.78, 5) is 172. The van der Waals surface area contributed by atoms with Gasteiger partial charge in [-0.25, -0.2) is 4.79 Å². The van der Waals surface area contributed by atoms with E-state index in [2.05, 4.69) is 57.8 Å². The third kappa shape index (κ3) is 23.5. The van der Waals surface area contributed by atoms with Crippen LogP contribution in [0.1, 0.15) is 138 Å². The number of rotatable bonds is 38. The lowest BCUT2D eigenvalue weighted by Gasteiger charge is -2.31. The molecule has 2 saturated heterocycles. The number of carbonyl (C=O) groups is 12. The molecule has 0 aliphatic carbocycles. The van der Waals surface area contributed by atoms with Gasteiger partial charge in [0.25, 0.3) is 0 Å². The molecule has 1 aromatic heterocycles. The van der Waals surface area contributed by atoms with Crippen molar-refractivity contribution in [1.29, 1.82) is 0 Å². The Morgan fingerprint density at radius 3 is 1.87 bits per heavy atom. The van der Waals surface area contributed by atoms with Crippen LogP contribution < -0.4 is 70.8 Å². The minimum Gasteiger partial charge on any atom is -0.480 e. The summed E-state index contributed by atoms with van der Waals surface area (Å²) in [6.07, 6.45) is 1.35. The van der Waals surface area contributed by atoms with Crippen LogP contribution in [0.2, 0.25) is 0 Å². The number of amides is 11. The van der Waals surface area contributed by atoms with Gasteiger partial charge in [0.05, 0.1) is 18.1 Å². The molecule has 2 aromatic rings. The summed E-state index contributed by atoms with van der Waals surface area (Å²) in [5.74, 6) is -12.1. The maximum Gasteiger partial charge on any atom is 0.326 e. The van der Waals surface area contributed by atoms with Crippen molar-refractivity contribution in [2.24, 2.45) is 51.6 Å². The predicted molar refractivity (Wildman–Crippen MR) is 332 cm³/mol. The highest BCUT2D eigenvalue weighted by atomic mass is 16.4. The number of aromatic nitrogens is 1. The summed E-state index contributed by atoms with van der Waals surface area (Å²) in [6, 6.07) is -4.14. The maximum atomic E-state index is 14.7. The first kappa shape index (κ1) is 74.1. The van der Waals surface area contributed by atoms with Gasteiger partial charge in [0.2, 0.25) is 65.0 Å². The molecule has 30 heteroatoms. The Bertz CT molecular complexity index is 2850. The molecular weight excluding hydrogens is 1170 g/mol. The fraction of sp³-hybridized carbons (Fsp3) is 0.650. The smallest absolute Gasteiger partial charge is 0.326 e. The number of aliphatic hydroxyl groups is 1. The van der Waals surface area contributed by atoms with Gasteiger partial charge in [0.1, 0.15) is 48.3 Å². The molecule has 0 bridgehead atoms. The van der Waals surface area contributed by atoms with Crippen LogP contribution in [0.4, 0.5) is 0 Å². The Kier molecular flexibility index (Phi) is 29.9. The van der Waals surface area contributed by atoms with Crippen LogP contribution in [0, 0.1) is 23.7 Å². The number of aromatic amines is 1. The number of nitrogens with zero attached hydrogens (tertiary/aromatic N) is 2. The number of carboxylic acid groups (broad SMARTS) is 1. The Balaban J connectivity index is 1.61. The van der Waals surface area contributed by atoms with Gasteiger partial charge in [-0.05, 0) is 107 Å². The van der Waals surface area contributed by atoms with Crippen molar-refractivity contribution in [1.82, 2.24) is 57.7 Å². The fourth-order valence-electron chi connectivity index (χ4n) is 10.8. The molecule has 0 spiro atoms. The first-order valence-electron chi connectivity index (χ1n) is 31.0. The second kappa shape index (κ2) is 36.3. The number of carboxylic acids is 1. The number of H-pyrrole nitrogens is 1. The number of hydrogen-bond donors (Lipinski definition) is 16. The average molecular weight is 1270 g/mol. The van der Waals surface area contributed by atoms with Crippen LogP contribution >= 0.6 is 0 Å². The molecule has 2 aliphatic rings. The van der Waals surface area contributed by atoms with Gasteiger partial charge in [0.15, 0.2) is 5.96 Å². The van der Waals surface area contributed by atoms with Gasteiger partial charge in [-0.2, -0.15) is 0 Å². The zero-order valence-electron chi connectivity index (χ0n) is 52.7. The maximum absolute atomic E-state index is 14.7. The molecular formula is C60H96N16O14. The number of nitrogens with one attached hydrogen (secondary N) is 10. The lowest BCUT2D eigenvalue weighted by Crippen LogP contribution is -2.62. The monoisotopic (exact) mass is 1260 g/mol. The number of fused-ring (bicyclic) bond motifs is 1. The molecule has 0 radical (unpaired) electrons. The Morgan fingerprint density at radius 2 is 1.26 bits per heavy atom. The molecule has 4 rings (SSSR count). The van der Waals surface area contributed by atoms with Crippen molar-refractivity contribution in [2.45, 2.75) is 199 Å². The van der Waals surface area contributed by atoms with Crippen molar-refractivity contribution < 1.29 is 67.7 Å². The molecule has 20 N–H and O–H groups in total. The van der Waals surface area contributed by atoms with E-state index in [4.69, 9.17) is 22.9 Å². The molecule has 1 aromatic carbocycles. The van der Waals surface area contributed by atoms with Gasteiger partial charge in [-0.15, -0.1) is 0 Å². The summed E-state index contributed by atoms with van der Waals surface area (Å²) in [6.45, 7) is 12.1. The minimum absolute atomic E-state index is 0.0230. The number of hydrogen-bond acceptors (Lipinski definition) is 15. The highest BCUT2D eigenvalue weighted by molar-refractivity contribution is 5.98. The van der Waals surface area contributed by atoms with E-state index in [-0.39, 0.29) is 95.1 Å². The third-order valence-corrected chi connectivity index (χ3v) is 16.0. The summed E-state index contributed by atoms with van der Waals surface area (Å²) in [7, 11) is 0. The van der Waals surface area contributed by atoms with Crippen LogP contribution in [0.25, 0.3) is 10.9 Å². The normalized spacial score (nSPS) is 18.0. The number of primary amides is 2. The van der Waals surface area contributed by atoms with Crippen molar-refractivity contribution in [3.05, 3.63) is 36.0 Å². The second-order valence-electron chi connectivity index (χ2n) is 24.3. The van der Waals surface area contributed by atoms with E-state index in [1.165, 1.54) is 11.8 Å². The van der Waals surface area contributed by atoms with Crippen LogP contribution in [0.15, 0.2) is 35.5 Å². The fourth-order valence-corrected chi connectivity index (χ4v) is 10.8. The quantitative estimate of drug-likeness (QED) is 0.0192. The van der Waals surface area contributed by atoms with E-state index in [0.717, 1.165) is 6.42 Å². The summed E-state index contributed by atoms with van der Waals surface area (Å²) < 4.78 is 0. The number of aliphatic hydroxyl groups excluding tert-OH is 1. The number of benzene rings is 1. The Morgan fingerprint density at radius 1 is 0.656 bits per heavy atom. The third-order valence-electron chi connectivity index (χ3n) is 16.0. The first-order chi connectivity index (χ1) is 42.5. The lowest BCUT2D eigenvalue weighted by atomic mass is 9.96. The average Bonchev–Trinajstić information content (AvgIpc) is 1.92. The second-order valence-corrected chi connectivity index (χ2v) is 24.3. The lowest BCUT2D eigenvalue weighted by molar-refractivity contribution is -0.145. The standard InChI is InChI=1S/C60H96N16O14/c1-8-33(6)48(74-53(83)40(20-22-47(62)79)69-52(82)39-16-11-23-65-39)56(86)75-49(34(7)77)57(87)72-42(26-31(2)3)54(84)71-43(28-36-30-67-38-15-10-9-14-37(36)38)51(81)68-29-35(19-21-46(61)78)50(80)70-41(17-12-24-66-60(63)64)58(88)76-25-13-18-45(76)55(85)73-44(59(89)90)27-32(4)5/h9-10,14-15,30-35,39-45,48-49,65,67,77H,8,11-13,16-29H2,1-7H3,(H2,61,78)(H2,62,79)(H,68,81)(H,69,82)(H,70,80)(H,71,84)(H,72,87)(H,73,85)(H,74,83)(H,75,86)(H,89,90)(H4,63,64,66). The summed E-state index contributed by atoms with van der Waals surface area (Å²) >= 11 is 0. The predicted octanol–water partition coefficient (Wildman–Crippen LogP) is -2.23. The molecule has 2 fully saturated rings. The molecule has 3 heterocycles. The molecule has 12 atom stereocenters. The van der Waals surface area contributed by atoms with Crippen molar-refractivity contribution in [3.63, 3.8) is 0 Å². The zero-order valence-corrected chi connectivity index (χ0v) is 52.7. The van der Waals surface area contributed by atoms with Gasteiger partial charge >= 0.3 is 5.97 Å². The molecule has 2 aliphatic heterocycles. The van der Waals surface area contributed by atoms with Crippen molar-refractivity contribution >= 4 is 87.8 Å². The van der Waals surface area contributed by atoms with Crippen LogP contribution in [0.3, 0.4) is 0 Å². The van der Waals surface area contributed by atoms with Gasteiger partial charge in [-0.1, -0.05) is 66.2 Å². The number of likely N-dealkylation sites (tertiary alicyclic amines) is 1.